The van der Waals surface area contributed by atoms with Crippen LogP contribution in [0, 0.1) is 0 Å². The highest BCUT2D eigenvalue weighted by Gasteiger charge is 2.34. The Morgan fingerprint density at radius 2 is 1.53 bits per heavy atom. The second-order valence-electron chi connectivity index (χ2n) is 6.96. The number of azo groups is 1. The fourth-order valence-corrected chi connectivity index (χ4v) is 3.32. The number of fused-ring (bicyclic) bond motifs is 2. The number of hydrogen-bond donors (Lipinski definition) is 1. The molecule has 0 saturated heterocycles. The average Bonchev–Trinajstić information content (AvgIpc) is 3.05. The molecule has 8 heteroatoms. The van der Waals surface area contributed by atoms with Gasteiger partial charge in [-0.05, 0) is 43.3 Å². The van der Waals surface area contributed by atoms with E-state index < -0.39 is 6.04 Å². The van der Waals surface area contributed by atoms with Crippen LogP contribution in [0.5, 0.6) is 0 Å². The van der Waals surface area contributed by atoms with Crippen LogP contribution in [-0.4, -0.2) is 27.6 Å². The maximum absolute atomic E-state index is 12.8. The summed E-state index contributed by atoms with van der Waals surface area (Å²) in [6.07, 6.45) is 0. The molecule has 3 aromatic carbocycles. The summed E-state index contributed by atoms with van der Waals surface area (Å²) in [6.45, 7) is 1.76. The maximum Gasteiger partial charge on any atom is 0.280 e. The van der Waals surface area contributed by atoms with Gasteiger partial charge in [0.2, 0.25) is 0 Å². The summed E-state index contributed by atoms with van der Waals surface area (Å²) in [5.41, 5.74) is 11.2. The van der Waals surface area contributed by atoms with Crippen molar-refractivity contribution in [3.8, 4) is 0 Å². The molecule has 2 N–H and O–H groups in total. The number of carbonyl (C=O) groups excluding carboxylic acids is 1. The number of para-hydroxylation sites is 3. The van der Waals surface area contributed by atoms with Crippen LogP contribution in [0.3, 0.4) is 0 Å². The molecule has 1 unspecified atom stereocenters. The highest BCUT2D eigenvalue weighted by Crippen LogP contribution is 2.29. The van der Waals surface area contributed by atoms with E-state index in [1.54, 1.807) is 19.1 Å². The molecule has 0 saturated carbocycles. The molecule has 5 rings (SSSR count). The zero-order valence-corrected chi connectivity index (χ0v) is 16.1. The molecule has 1 aromatic heterocycles. The van der Waals surface area contributed by atoms with Gasteiger partial charge in [-0.25, -0.2) is 9.97 Å². The van der Waals surface area contributed by atoms with Gasteiger partial charge in [0.25, 0.3) is 5.91 Å². The lowest BCUT2D eigenvalue weighted by molar-refractivity contribution is -0.117. The van der Waals surface area contributed by atoms with Crippen LogP contribution >= 0.6 is 0 Å². The van der Waals surface area contributed by atoms with Gasteiger partial charge in [-0.3, -0.25) is 4.79 Å². The third-order valence-electron chi connectivity index (χ3n) is 4.87. The van der Waals surface area contributed by atoms with E-state index >= 15 is 0 Å². The Morgan fingerprint density at radius 3 is 2.23 bits per heavy atom. The zero-order valence-electron chi connectivity index (χ0n) is 16.1. The van der Waals surface area contributed by atoms with Crippen molar-refractivity contribution in [2.24, 2.45) is 15.3 Å². The fraction of sp³-hybridized carbons (Fsp3) is 0.0909. The van der Waals surface area contributed by atoms with Crippen molar-refractivity contribution in [3.05, 3.63) is 66.7 Å². The van der Waals surface area contributed by atoms with Gasteiger partial charge in [0.15, 0.2) is 6.04 Å². The Hall–Kier alpha value is -4.20. The number of benzene rings is 3. The fourth-order valence-electron chi connectivity index (χ4n) is 3.32. The quantitative estimate of drug-likeness (QED) is 0.318. The summed E-state index contributed by atoms with van der Waals surface area (Å²) in [4.78, 5) is 22.0. The third kappa shape index (κ3) is 3.04. The van der Waals surface area contributed by atoms with Gasteiger partial charge in [-0.1, -0.05) is 30.3 Å². The van der Waals surface area contributed by atoms with E-state index in [-0.39, 0.29) is 5.91 Å². The van der Waals surface area contributed by atoms with Gasteiger partial charge in [0.1, 0.15) is 5.69 Å². The highest BCUT2D eigenvalue weighted by molar-refractivity contribution is 6.18. The Balaban J connectivity index is 1.47. The summed E-state index contributed by atoms with van der Waals surface area (Å²) in [6, 6.07) is 19.5. The number of rotatable bonds is 3. The van der Waals surface area contributed by atoms with E-state index in [9.17, 15) is 4.79 Å². The number of aromatic nitrogens is 2. The number of hydrazone groups is 1. The number of nitrogen functional groups attached to an aromatic ring is 1. The molecule has 0 spiro atoms. The van der Waals surface area contributed by atoms with Crippen LogP contribution in [0.1, 0.15) is 6.92 Å². The summed E-state index contributed by atoms with van der Waals surface area (Å²) >= 11 is 0. The number of carbonyl (C=O) groups is 1. The number of anilines is 2. The van der Waals surface area contributed by atoms with Crippen molar-refractivity contribution >= 4 is 50.7 Å². The van der Waals surface area contributed by atoms with E-state index in [1.807, 2.05) is 54.6 Å². The second-order valence-corrected chi connectivity index (χ2v) is 6.96. The molecule has 1 aliphatic rings. The van der Waals surface area contributed by atoms with E-state index in [1.165, 1.54) is 5.01 Å². The second kappa shape index (κ2) is 7.00. The zero-order chi connectivity index (χ0) is 20.7. The normalized spacial score (nSPS) is 16.7. The number of amides is 1. The van der Waals surface area contributed by atoms with Gasteiger partial charge in [-0.15, -0.1) is 0 Å². The van der Waals surface area contributed by atoms with Gasteiger partial charge >= 0.3 is 0 Å². The molecule has 30 heavy (non-hydrogen) atoms. The first kappa shape index (κ1) is 17.9. The number of nitrogens with two attached hydrogens (primary N) is 1. The molecule has 0 fully saturated rings. The van der Waals surface area contributed by atoms with E-state index in [0.717, 1.165) is 11.0 Å². The lowest BCUT2D eigenvalue weighted by Gasteiger charge is -2.11. The van der Waals surface area contributed by atoms with Crippen molar-refractivity contribution in [1.82, 2.24) is 9.97 Å². The van der Waals surface area contributed by atoms with Gasteiger partial charge in [0.05, 0.1) is 39.2 Å². The summed E-state index contributed by atoms with van der Waals surface area (Å²) in [7, 11) is 0. The van der Waals surface area contributed by atoms with Crippen LogP contribution < -0.4 is 10.7 Å². The topological polar surface area (TPSA) is 109 Å². The minimum atomic E-state index is -0.789. The first-order valence-electron chi connectivity index (χ1n) is 9.41. The van der Waals surface area contributed by atoms with Crippen molar-refractivity contribution < 1.29 is 4.79 Å². The van der Waals surface area contributed by atoms with Crippen LogP contribution in [0.4, 0.5) is 17.1 Å². The molecule has 0 radical (unpaired) electrons. The summed E-state index contributed by atoms with van der Waals surface area (Å²) in [5.74, 6) is -0.257. The molecule has 1 amide bonds. The molecule has 1 aliphatic heterocycles. The molecular weight excluding hydrogens is 378 g/mol. The highest BCUT2D eigenvalue weighted by atomic mass is 16.2. The standard InChI is InChI=1S/C22H17N7O/c1-13-21(22(30)29(28-13)14-7-3-2-4-8-14)27-26-18-12-20-19(11-15(18)23)24-16-9-5-6-10-17(16)25-20/h2-12,21H,23H2,1H3. The third-order valence-corrected chi connectivity index (χ3v) is 4.87. The molecule has 4 aromatic rings. The smallest absolute Gasteiger partial charge is 0.280 e. The average molecular weight is 395 g/mol. The lowest BCUT2D eigenvalue weighted by Crippen LogP contribution is -2.29. The Kier molecular flexibility index (Phi) is 4.17. The van der Waals surface area contributed by atoms with Crippen molar-refractivity contribution in [2.75, 3.05) is 10.7 Å². The Bertz CT molecular complexity index is 1350. The van der Waals surface area contributed by atoms with Gasteiger partial charge in [-0.2, -0.15) is 20.3 Å². The van der Waals surface area contributed by atoms with E-state index in [2.05, 4.69) is 25.3 Å². The molecule has 0 aliphatic carbocycles. The number of hydrogen-bond acceptors (Lipinski definition) is 7. The molecule has 0 bridgehead atoms. The minimum absolute atomic E-state index is 0.257. The molecule has 1 atom stereocenters. The van der Waals surface area contributed by atoms with Crippen LogP contribution in [-0.2, 0) is 4.79 Å². The van der Waals surface area contributed by atoms with E-state index in [0.29, 0.717) is 33.8 Å². The van der Waals surface area contributed by atoms with Gasteiger partial charge in [0, 0.05) is 0 Å². The Morgan fingerprint density at radius 1 is 0.900 bits per heavy atom. The lowest BCUT2D eigenvalue weighted by atomic mass is 10.2. The summed E-state index contributed by atoms with van der Waals surface area (Å²) < 4.78 is 0. The van der Waals surface area contributed by atoms with Crippen molar-refractivity contribution in [3.63, 3.8) is 0 Å². The largest absolute Gasteiger partial charge is 0.397 e. The van der Waals surface area contributed by atoms with E-state index in [4.69, 9.17) is 5.73 Å². The predicted molar refractivity (Wildman–Crippen MR) is 117 cm³/mol. The van der Waals surface area contributed by atoms with Crippen molar-refractivity contribution in [2.45, 2.75) is 13.0 Å². The molecule has 146 valence electrons. The molecule has 8 nitrogen and oxygen atoms in total. The number of nitrogens with zero attached hydrogens (tertiary/aromatic N) is 6. The minimum Gasteiger partial charge on any atom is -0.397 e. The summed E-state index contributed by atoms with van der Waals surface area (Å²) in [5, 5.41) is 14.2. The van der Waals surface area contributed by atoms with Crippen LogP contribution in [0.2, 0.25) is 0 Å². The maximum atomic E-state index is 12.8. The molecular formula is C22H17N7O. The van der Waals surface area contributed by atoms with Crippen LogP contribution in [0.25, 0.3) is 22.1 Å². The predicted octanol–water partition coefficient (Wildman–Crippen LogP) is 4.24. The van der Waals surface area contributed by atoms with Crippen LogP contribution in [0.15, 0.2) is 82.1 Å². The SMILES string of the molecule is CC1=NN(c2ccccc2)C(=O)C1N=Nc1cc2nc3ccccc3nc2cc1N. The Labute approximate surface area is 171 Å². The first-order valence-corrected chi connectivity index (χ1v) is 9.41. The van der Waals surface area contributed by atoms with Gasteiger partial charge < -0.3 is 5.73 Å². The van der Waals surface area contributed by atoms with Crippen molar-refractivity contribution in [1.29, 1.82) is 0 Å². The first-order chi connectivity index (χ1) is 14.6. The monoisotopic (exact) mass is 395 g/mol. The molecule has 2 heterocycles.